The molecule has 3 N–H and O–H groups in total. The zero-order chi connectivity index (χ0) is 15.0. The van der Waals surface area contributed by atoms with E-state index < -0.39 is 11.8 Å². The Bertz CT molecular complexity index is 738. The third-order valence-corrected chi connectivity index (χ3v) is 2.95. The number of hydrogen-bond acceptors (Lipinski definition) is 5. The maximum absolute atomic E-state index is 12.2. The van der Waals surface area contributed by atoms with Crippen LogP contribution in [0.25, 0.3) is 0 Å². The van der Waals surface area contributed by atoms with Gasteiger partial charge in [0.2, 0.25) is 6.79 Å². The SMILES string of the molecule is Cn1cc(NC(=O)c2ccc3c(c2)OCO3)c(C(N)=O)n1. The lowest BCUT2D eigenvalue weighted by atomic mass is 10.2. The van der Waals surface area contributed by atoms with Gasteiger partial charge in [0, 0.05) is 18.8 Å². The summed E-state index contributed by atoms with van der Waals surface area (Å²) in [4.78, 5) is 23.5. The van der Waals surface area contributed by atoms with Gasteiger partial charge < -0.3 is 20.5 Å². The number of nitrogens with two attached hydrogens (primary N) is 1. The van der Waals surface area contributed by atoms with Gasteiger partial charge in [0.15, 0.2) is 17.2 Å². The molecule has 1 aromatic carbocycles. The smallest absolute Gasteiger partial charge is 0.271 e. The molecule has 0 spiro atoms. The second-order valence-electron chi connectivity index (χ2n) is 4.45. The highest BCUT2D eigenvalue weighted by atomic mass is 16.7. The lowest BCUT2D eigenvalue weighted by Crippen LogP contribution is -2.17. The van der Waals surface area contributed by atoms with Crippen LogP contribution in [-0.4, -0.2) is 28.4 Å². The van der Waals surface area contributed by atoms with Gasteiger partial charge in [-0.05, 0) is 18.2 Å². The maximum Gasteiger partial charge on any atom is 0.271 e. The van der Waals surface area contributed by atoms with E-state index in [2.05, 4.69) is 10.4 Å². The van der Waals surface area contributed by atoms with Crippen LogP contribution in [0, 0.1) is 0 Å². The predicted octanol–water partition coefficient (Wildman–Crippen LogP) is 0.500. The van der Waals surface area contributed by atoms with Crippen LogP contribution in [0.1, 0.15) is 20.8 Å². The molecule has 8 nitrogen and oxygen atoms in total. The third-order valence-electron chi connectivity index (χ3n) is 2.95. The zero-order valence-corrected chi connectivity index (χ0v) is 11.1. The number of carbonyl (C=O) groups is 2. The fraction of sp³-hybridized carbons (Fsp3) is 0.154. The summed E-state index contributed by atoms with van der Waals surface area (Å²) >= 11 is 0. The van der Waals surface area contributed by atoms with E-state index in [1.165, 1.54) is 10.9 Å². The van der Waals surface area contributed by atoms with Crippen molar-refractivity contribution in [2.45, 2.75) is 0 Å². The summed E-state index contributed by atoms with van der Waals surface area (Å²) < 4.78 is 11.8. The van der Waals surface area contributed by atoms with E-state index in [-0.39, 0.29) is 18.2 Å². The fourth-order valence-electron chi connectivity index (χ4n) is 1.99. The van der Waals surface area contributed by atoms with E-state index in [1.807, 2.05) is 0 Å². The molecule has 8 heteroatoms. The first-order valence-corrected chi connectivity index (χ1v) is 6.09. The molecule has 3 rings (SSSR count). The van der Waals surface area contributed by atoms with E-state index in [4.69, 9.17) is 15.2 Å². The minimum Gasteiger partial charge on any atom is -0.454 e. The number of hydrogen-bond donors (Lipinski definition) is 2. The molecule has 2 aromatic rings. The summed E-state index contributed by atoms with van der Waals surface area (Å²) in [6.45, 7) is 0.134. The van der Waals surface area contributed by atoms with E-state index in [9.17, 15) is 9.59 Å². The first-order valence-electron chi connectivity index (χ1n) is 6.09. The highest BCUT2D eigenvalue weighted by Gasteiger charge is 2.19. The lowest BCUT2D eigenvalue weighted by molar-refractivity contribution is 0.0995. The van der Waals surface area contributed by atoms with Crippen molar-refractivity contribution in [3.05, 3.63) is 35.7 Å². The predicted molar refractivity (Wildman–Crippen MR) is 72.2 cm³/mol. The van der Waals surface area contributed by atoms with Crippen LogP contribution >= 0.6 is 0 Å². The Kier molecular flexibility index (Phi) is 2.98. The highest BCUT2D eigenvalue weighted by Crippen LogP contribution is 2.32. The number of aryl methyl sites for hydroxylation is 1. The van der Waals surface area contributed by atoms with Gasteiger partial charge in [-0.1, -0.05) is 0 Å². The number of nitrogens with zero attached hydrogens (tertiary/aromatic N) is 2. The van der Waals surface area contributed by atoms with Crippen molar-refractivity contribution < 1.29 is 19.1 Å². The number of aromatic nitrogens is 2. The molecular weight excluding hydrogens is 276 g/mol. The number of nitrogens with one attached hydrogen (secondary N) is 1. The third kappa shape index (κ3) is 2.38. The molecular formula is C13H12N4O4. The van der Waals surface area contributed by atoms with Crippen LogP contribution in [0.4, 0.5) is 5.69 Å². The van der Waals surface area contributed by atoms with E-state index in [1.54, 1.807) is 25.2 Å². The Balaban J connectivity index is 1.85. The standard InChI is InChI=1S/C13H12N4O4/c1-17-5-8(11(16-17)12(14)18)15-13(19)7-2-3-9-10(4-7)21-6-20-9/h2-5H,6H2,1H3,(H2,14,18)(H,15,19). The molecule has 21 heavy (non-hydrogen) atoms. The van der Waals surface area contributed by atoms with Crippen LogP contribution in [0.2, 0.25) is 0 Å². The quantitative estimate of drug-likeness (QED) is 0.855. The Morgan fingerprint density at radius 1 is 1.33 bits per heavy atom. The number of benzene rings is 1. The van der Waals surface area contributed by atoms with Crippen LogP contribution in [0.5, 0.6) is 11.5 Å². The average molecular weight is 288 g/mol. The van der Waals surface area contributed by atoms with E-state index >= 15 is 0 Å². The first-order chi connectivity index (χ1) is 10.0. The number of fused-ring (bicyclic) bond motifs is 1. The van der Waals surface area contributed by atoms with Crippen molar-refractivity contribution in [2.24, 2.45) is 12.8 Å². The van der Waals surface area contributed by atoms with E-state index in [0.29, 0.717) is 17.1 Å². The number of primary amides is 1. The molecule has 0 aliphatic carbocycles. The minimum atomic E-state index is -0.711. The summed E-state index contributed by atoms with van der Waals surface area (Å²) in [5.74, 6) is -0.0184. The average Bonchev–Trinajstić information content (AvgIpc) is 3.04. The van der Waals surface area contributed by atoms with Crippen molar-refractivity contribution in [1.29, 1.82) is 0 Å². The first kappa shape index (κ1) is 13.0. The summed E-state index contributed by atoms with van der Waals surface area (Å²) in [5, 5.41) is 6.50. The Labute approximate surface area is 119 Å². The van der Waals surface area contributed by atoms with Gasteiger partial charge in [0.25, 0.3) is 11.8 Å². The van der Waals surface area contributed by atoms with Gasteiger partial charge in [-0.2, -0.15) is 5.10 Å². The summed E-state index contributed by atoms with van der Waals surface area (Å²) in [7, 11) is 1.63. The number of anilines is 1. The molecule has 0 radical (unpaired) electrons. The normalized spacial score (nSPS) is 12.2. The van der Waals surface area contributed by atoms with Gasteiger partial charge in [-0.25, -0.2) is 0 Å². The van der Waals surface area contributed by atoms with Gasteiger partial charge >= 0.3 is 0 Å². The Morgan fingerprint density at radius 2 is 2.10 bits per heavy atom. The summed E-state index contributed by atoms with van der Waals surface area (Å²) in [5.41, 5.74) is 5.85. The second kappa shape index (κ2) is 4.82. The maximum atomic E-state index is 12.2. The van der Waals surface area contributed by atoms with Crippen LogP contribution in [0.15, 0.2) is 24.4 Å². The Hall–Kier alpha value is -3.03. The fourth-order valence-corrected chi connectivity index (χ4v) is 1.99. The molecule has 1 aliphatic heterocycles. The molecule has 1 aromatic heterocycles. The molecule has 2 amide bonds. The molecule has 0 atom stereocenters. The highest BCUT2D eigenvalue weighted by molar-refractivity contribution is 6.08. The van der Waals surface area contributed by atoms with Gasteiger partial charge in [0.05, 0.1) is 5.69 Å². The van der Waals surface area contributed by atoms with Gasteiger partial charge in [0.1, 0.15) is 0 Å². The van der Waals surface area contributed by atoms with Crippen molar-refractivity contribution >= 4 is 17.5 Å². The number of carbonyl (C=O) groups excluding carboxylic acids is 2. The zero-order valence-electron chi connectivity index (χ0n) is 11.1. The largest absolute Gasteiger partial charge is 0.454 e. The lowest BCUT2D eigenvalue weighted by Gasteiger charge is -2.04. The van der Waals surface area contributed by atoms with Gasteiger partial charge in [-0.3, -0.25) is 14.3 Å². The van der Waals surface area contributed by atoms with Crippen LogP contribution in [-0.2, 0) is 7.05 Å². The van der Waals surface area contributed by atoms with Gasteiger partial charge in [-0.15, -0.1) is 0 Å². The number of rotatable bonds is 3. The summed E-state index contributed by atoms with van der Waals surface area (Å²) in [6, 6.07) is 4.82. The van der Waals surface area contributed by atoms with Crippen molar-refractivity contribution in [3.8, 4) is 11.5 Å². The molecule has 0 bridgehead atoms. The monoisotopic (exact) mass is 288 g/mol. The van der Waals surface area contributed by atoms with E-state index in [0.717, 1.165) is 0 Å². The number of ether oxygens (including phenoxy) is 2. The molecule has 1 aliphatic rings. The van der Waals surface area contributed by atoms with Crippen LogP contribution < -0.4 is 20.5 Å². The Morgan fingerprint density at radius 3 is 2.86 bits per heavy atom. The van der Waals surface area contributed by atoms with Crippen LogP contribution in [0.3, 0.4) is 0 Å². The molecule has 2 heterocycles. The minimum absolute atomic E-state index is 0.00610. The molecule has 0 fully saturated rings. The van der Waals surface area contributed by atoms with Crippen molar-refractivity contribution in [2.75, 3.05) is 12.1 Å². The second-order valence-corrected chi connectivity index (χ2v) is 4.45. The molecule has 108 valence electrons. The number of amides is 2. The van der Waals surface area contributed by atoms with Crippen molar-refractivity contribution in [3.63, 3.8) is 0 Å². The molecule has 0 saturated carbocycles. The summed E-state index contributed by atoms with van der Waals surface area (Å²) in [6.07, 6.45) is 1.50. The van der Waals surface area contributed by atoms with Crippen molar-refractivity contribution in [1.82, 2.24) is 9.78 Å². The topological polar surface area (TPSA) is 108 Å². The molecule has 0 saturated heterocycles. The molecule has 0 unspecified atom stereocenters.